The fraction of sp³-hybridized carbons (Fsp3) is 0.250. The molecule has 0 aliphatic carbocycles. The molecule has 1 aromatic heterocycles. The molecular weight excluding hydrogens is 270 g/mol. The van der Waals surface area contributed by atoms with E-state index in [4.69, 9.17) is 11.2 Å². The SMILES string of the molecule is C#CCn1c(=O)ccc2cc(C(=O)O)cc(OC(C)C)c21. The van der Waals surface area contributed by atoms with Gasteiger partial charge in [-0.25, -0.2) is 4.79 Å². The Balaban J connectivity index is 2.85. The van der Waals surface area contributed by atoms with Gasteiger partial charge in [0.25, 0.3) is 5.56 Å². The maximum absolute atomic E-state index is 12.0. The summed E-state index contributed by atoms with van der Waals surface area (Å²) in [6, 6.07) is 5.85. The highest BCUT2D eigenvalue weighted by molar-refractivity contribution is 5.96. The molecule has 0 amide bonds. The molecule has 5 nitrogen and oxygen atoms in total. The van der Waals surface area contributed by atoms with Crippen molar-refractivity contribution >= 4 is 16.9 Å². The quantitative estimate of drug-likeness (QED) is 0.874. The Morgan fingerprint density at radius 2 is 2.14 bits per heavy atom. The Kier molecular flexibility index (Phi) is 3.99. The molecule has 0 unspecified atom stereocenters. The monoisotopic (exact) mass is 285 g/mol. The van der Waals surface area contributed by atoms with E-state index in [9.17, 15) is 14.7 Å². The van der Waals surface area contributed by atoms with Crippen molar-refractivity contribution in [1.82, 2.24) is 4.57 Å². The summed E-state index contributed by atoms with van der Waals surface area (Å²) in [7, 11) is 0. The molecule has 0 bridgehead atoms. The Labute approximate surface area is 121 Å². The van der Waals surface area contributed by atoms with Crippen molar-refractivity contribution in [2.45, 2.75) is 26.5 Å². The first-order valence-corrected chi connectivity index (χ1v) is 6.45. The van der Waals surface area contributed by atoms with Gasteiger partial charge in [0.15, 0.2) is 0 Å². The Morgan fingerprint density at radius 1 is 1.43 bits per heavy atom. The minimum Gasteiger partial charge on any atom is -0.489 e. The van der Waals surface area contributed by atoms with Crippen molar-refractivity contribution in [2.75, 3.05) is 0 Å². The molecule has 0 spiro atoms. The van der Waals surface area contributed by atoms with Gasteiger partial charge in [0.1, 0.15) is 5.75 Å². The lowest BCUT2D eigenvalue weighted by Crippen LogP contribution is -2.20. The zero-order chi connectivity index (χ0) is 15.6. The highest BCUT2D eigenvalue weighted by Crippen LogP contribution is 2.27. The number of ether oxygens (including phenoxy) is 1. The Morgan fingerprint density at radius 3 is 2.71 bits per heavy atom. The van der Waals surface area contributed by atoms with Crippen LogP contribution < -0.4 is 10.3 Å². The predicted molar refractivity (Wildman–Crippen MR) is 79.8 cm³/mol. The Hall–Kier alpha value is -2.74. The largest absolute Gasteiger partial charge is 0.489 e. The van der Waals surface area contributed by atoms with E-state index in [2.05, 4.69) is 5.92 Å². The number of pyridine rings is 1. The van der Waals surface area contributed by atoms with Crippen LogP contribution in [0.25, 0.3) is 10.9 Å². The Bertz CT molecular complexity index is 796. The first-order valence-electron chi connectivity index (χ1n) is 6.45. The van der Waals surface area contributed by atoms with Crippen LogP contribution in [0.4, 0.5) is 0 Å². The van der Waals surface area contributed by atoms with E-state index in [1.54, 1.807) is 6.07 Å². The van der Waals surface area contributed by atoms with E-state index in [1.165, 1.54) is 22.8 Å². The van der Waals surface area contributed by atoms with Crippen molar-refractivity contribution in [3.8, 4) is 18.1 Å². The summed E-state index contributed by atoms with van der Waals surface area (Å²) in [6.45, 7) is 3.74. The number of nitrogens with zero attached hydrogens (tertiary/aromatic N) is 1. The van der Waals surface area contributed by atoms with Crippen LogP contribution >= 0.6 is 0 Å². The van der Waals surface area contributed by atoms with Crippen LogP contribution in [0.5, 0.6) is 5.75 Å². The molecule has 5 heteroatoms. The number of carboxylic acids is 1. The van der Waals surface area contributed by atoms with Crippen LogP contribution in [0.2, 0.25) is 0 Å². The molecule has 0 aliphatic rings. The summed E-state index contributed by atoms with van der Waals surface area (Å²) in [6.07, 6.45) is 5.14. The van der Waals surface area contributed by atoms with Gasteiger partial charge in [0.05, 0.1) is 23.7 Å². The molecule has 1 aromatic carbocycles. The first-order chi connectivity index (χ1) is 9.93. The maximum Gasteiger partial charge on any atom is 0.335 e. The topological polar surface area (TPSA) is 68.5 Å². The number of hydrogen-bond acceptors (Lipinski definition) is 3. The number of carbonyl (C=O) groups is 1. The van der Waals surface area contributed by atoms with Gasteiger partial charge in [-0.3, -0.25) is 9.36 Å². The second-order valence-corrected chi connectivity index (χ2v) is 4.85. The van der Waals surface area contributed by atoms with E-state index < -0.39 is 5.97 Å². The minimum atomic E-state index is -1.06. The molecule has 108 valence electrons. The molecule has 0 fully saturated rings. The summed E-state index contributed by atoms with van der Waals surface area (Å²) < 4.78 is 7.07. The maximum atomic E-state index is 12.0. The van der Waals surface area contributed by atoms with Crippen molar-refractivity contribution in [3.05, 3.63) is 40.2 Å². The van der Waals surface area contributed by atoms with Gasteiger partial charge in [-0.15, -0.1) is 6.42 Å². The lowest BCUT2D eigenvalue weighted by molar-refractivity contribution is 0.0696. The van der Waals surface area contributed by atoms with E-state index in [-0.39, 0.29) is 23.8 Å². The van der Waals surface area contributed by atoms with Gasteiger partial charge < -0.3 is 9.84 Å². The van der Waals surface area contributed by atoms with E-state index in [0.29, 0.717) is 16.7 Å². The second-order valence-electron chi connectivity index (χ2n) is 4.85. The van der Waals surface area contributed by atoms with E-state index in [1.807, 2.05) is 13.8 Å². The molecule has 1 heterocycles. The first kappa shape index (κ1) is 14.7. The van der Waals surface area contributed by atoms with E-state index in [0.717, 1.165) is 0 Å². The number of terminal acetylenes is 1. The predicted octanol–water partition coefficient (Wildman–Crippen LogP) is 2.12. The molecule has 1 N–H and O–H groups in total. The smallest absolute Gasteiger partial charge is 0.335 e. The molecule has 0 saturated carbocycles. The van der Waals surface area contributed by atoms with Gasteiger partial charge in [-0.05, 0) is 32.0 Å². The van der Waals surface area contributed by atoms with Crippen LogP contribution in [0.15, 0.2) is 29.1 Å². The normalized spacial score (nSPS) is 10.6. The third-order valence-electron chi connectivity index (χ3n) is 2.90. The van der Waals surface area contributed by atoms with Crippen LogP contribution in [0, 0.1) is 12.3 Å². The molecule has 0 radical (unpaired) electrons. The van der Waals surface area contributed by atoms with Crippen molar-refractivity contribution in [1.29, 1.82) is 0 Å². The second kappa shape index (κ2) is 5.71. The molecule has 2 aromatic rings. The number of rotatable bonds is 4. The zero-order valence-electron chi connectivity index (χ0n) is 11.8. The van der Waals surface area contributed by atoms with Gasteiger partial charge >= 0.3 is 5.97 Å². The summed E-state index contributed by atoms with van der Waals surface area (Å²) in [4.78, 5) is 23.2. The van der Waals surface area contributed by atoms with Gasteiger partial charge in [-0.1, -0.05) is 5.92 Å². The molecule has 21 heavy (non-hydrogen) atoms. The molecule has 0 aliphatic heterocycles. The van der Waals surface area contributed by atoms with E-state index >= 15 is 0 Å². The number of aromatic carboxylic acids is 1. The minimum absolute atomic E-state index is 0.0943. The number of benzene rings is 1. The summed E-state index contributed by atoms with van der Waals surface area (Å²) >= 11 is 0. The standard InChI is InChI=1S/C16H15NO4/c1-4-7-17-14(18)6-5-11-8-12(16(19)20)9-13(15(11)17)21-10(2)3/h1,5-6,8-10H,7H2,2-3H3,(H,19,20). The molecular formula is C16H15NO4. The summed E-state index contributed by atoms with van der Waals surface area (Å²) in [5.41, 5.74) is 0.361. The lowest BCUT2D eigenvalue weighted by Gasteiger charge is -2.16. The number of hydrogen-bond donors (Lipinski definition) is 1. The van der Waals surface area contributed by atoms with Crippen LogP contribution in [-0.2, 0) is 6.54 Å². The van der Waals surface area contributed by atoms with Crippen LogP contribution in [0.1, 0.15) is 24.2 Å². The highest BCUT2D eigenvalue weighted by atomic mass is 16.5. The number of carboxylic acid groups (broad SMARTS) is 1. The third kappa shape index (κ3) is 2.90. The zero-order valence-corrected chi connectivity index (χ0v) is 11.8. The summed E-state index contributed by atoms with van der Waals surface area (Å²) in [5.74, 6) is 1.71. The average molecular weight is 285 g/mol. The lowest BCUT2D eigenvalue weighted by atomic mass is 10.1. The van der Waals surface area contributed by atoms with Gasteiger partial charge in [-0.2, -0.15) is 0 Å². The van der Waals surface area contributed by atoms with Gasteiger partial charge in [0, 0.05) is 11.5 Å². The molecule has 2 rings (SSSR count). The number of fused-ring (bicyclic) bond motifs is 1. The van der Waals surface area contributed by atoms with Crippen molar-refractivity contribution < 1.29 is 14.6 Å². The van der Waals surface area contributed by atoms with Crippen molar-refractivity contribution in [3.63, 3.8) is 0 Å². The fourth-order valence-electron chi connectivity index (χ4n) is 2.12. The van der Waals surface area contributed by atoms with Crippen LogP contribution in [0.3, 0.4) is 0 Å². The summed E-state index contributed by atoms with van der Waals surface area (Å²) in [5, 5.41) is 9.77. The number of aromatic nitrogens is 1. The molecule has 0 atom stereocenters. The van der Waals surface area contributed by atoms with Crippen LogP contribution in [-0.4, -0.2) is 21.7 Å². The molecule has 0 saturated heterocycles. The average Bonchev–Trinajstić information content (AvgIpc) is 2.41. The van der Waals surface area contributed by atoms with Crippen molar-refractivity contribution in [2.24, 2.45) is 0 Å². The fourth-order valence-corrected chi connectivity index (χ4v) is 2.12. The third-order valence-corrected chi connectivity index (χ3v) is 2.90. The van der Waals surface area contributed by atoms with Gasteiger partial charge in [0.2, 0.25) is 0 Å². The highest BCUT2D eigenvalue weighted by Gasteiger charge is 2.14.